The summed E-state index contributed by atoms with van der Waals surface area (Å²) in [6.07, 6.45) is 10.6. The van der Waals surface area contributed by atoms with Gasteiger partial charge in [0.15, 0.2) is 0 Å². The number of unbranched alkanes of at least 4 members (excludes halogenated alkanes) is 5. The van der Waals surface area contributed by atoms with Crippen molar-refractivity contribution in [1.82, 2.24) is 15.5 Å². The Kier molecular flexibility index (Phi) is 8.71. The summed E-state index contributed by atoms with van der Waals surface area (Å²) in [6.45, 7) is 12.8. The Morgan fingerprint density at radius 1 is 0.935 bits per heavy atom. The number of rotatable bonds is 12. The van der Waals surface area contributed by atoms with Gasteiger partial charge < -0.3 is 10.6 Å². The van der Waals surface area contributed by atoms with Crippen molar-refractivity contribution in [3.8, 4) is 0 Å². The van der Waals surface area contributed by atoms with Crippen molar-refractivity contribution in [2.45, 2.75) is 129 Å². The molecule has 6 nitrogen and oxygen atoms in total. The first kappa shape index (κ1) is 25.8. The maximum absolute atomic E-state index is 13.2. The quantitative estimate of drug-likeness (QED) is 0.336. The van der Waals surface area contributed by atoms with Crippen LogP contribution in [0, 0.1) is 5.92 Å². The summed E-state index contributed by atoms with van der Waals surface area (Å²) in [5.41, 5.74) is -1.21. The van der Waals surface area contributed by atoms with Crippen LogP contribution >= 0.6 is 0 Å². The Bertz CT molecular complexity index is 640. The van der Waals surface area contributed by atoms with Crippen LogP contribution in [0.3, 0.4) is 0 Å². The second-order valence-electron chi connectivity index (χ2n) is 11.2. The first-order valence-electron chi connectivity index (χ1n) is 12.4. The summed E-state index contributed by atoms with van der Waals surface area (Å²) in [7, 11) is 0. The smallest absolute Gasteiger partial charge is 0.323 e. The van der Waals surface area contributed by atoms with E-state index in [2.05, 4.69) is 45.3 Å². The molecule has 0 saturated carbocycles. The van der Waals surface area contributed by atoms with Gasteiger partial charge in [-0.05, 0) is 66.7 Å². The molecule has 2 aliphatic rings. The van der Waals surface area contributed by atoms with Crippen LogP contribution in [0.1, 0.15) is 112 Å². The van der Waals surface area contributed by atoms with Gasteiger partial charge in [-0.2, -0.15) is 0 Å². The lowest BCUT2D eigenvalue weighted by atomic mass is 9.71. The second-order valence-corrected chi connectivity index (χ2v) is 11.2. The molecular formula is C25H45N3O3. The van der Waals surface area contributed by atoms with Crippen LogP contribution < -0.4 is 10.6 Å². The average Bonchev–Trinajstić information content (AvgIpc) is 2.83. The molecule has 1 spiro atoms. The minimum absolute atomic E-state index is 0.0552. The highest BCUT2D eigenvalue weighted by Crippen LogP contribution is 2.39. The first-order valence-corrected chi connectivity index (χ1v) is 12.4. The van der Waals surface area contributed by atoms with Crippen molar-refractivity contribution in [3.05, 3.63) is 0 Å². The zero-order valence-corrected chi connectivity index (χ0v) is 20.7. The van der Waals surface area contributed by atoms with Gasteiger partial charge in [-0.3, -0.25) is 14.5 Å². The number of carbonyl (C=O) groups excluding carboxylic acids is 3. The Balaban J connectivity index is 1.75. The maximum Gasteiger partial charge on any atom is 0.325 e. The van der Waals surface area contributed by atoms with Crippen LogP contribution in [0.2, 0.25) is 0 Å². The van der Waals surface area contributed by atoms with Gasteiger partial charge in [-0.15, -0.1) is 0 Å². The molecule has 0 aliphatic carbocycles. The molecule has 0 aromatic carbocycles. The van der Waals surface area contributed by atoms with Gasteiger partial charge in [-0.1, -0.05) is 45.4 Å². The van der Waals surface area contributed by atoms with Crippen molar-refractivity contribution >= 4 is 17.7 Å². The van der Waals surface area contributed by atoms with E-state index in [9.17, 15) is 14.4 Å². The average molecular weight is 436 g/mol. The van der Waals surface area contributed by atoms with Crippen molar-refractivity contribution < 1.29 is 14.4 Å². The number of urea groups is 1. The predicted molar refractivity (Wildman–Crippen MR) is 125 cm³/mol. The predicted octanol–water partition coefficient (Wildman–Crippen LogP) is 4.95. The number of Topliss-reactive ketones (excluding diaryl/α,β-unsaturated/α-hetero) is 1. The van der Waals surface area contributed by atoms with E-state index in [0.29, 0.717) is 25.2 Å². The molecule has 1 atom stereocenters. The minimum Gasteiger partial charge on any atom is -0.323 e. The fourth-order valence-electron chi connectivity index (χ4n) is 5.89. The standard InChI is InChI=1S/C25H45N3O3/c1-7-8-14-20(19(2)29)15-12-10-9-11-13-16-28-21(30)25(26-22(28)31)17-23(3,4)27-24(5,6)18-25/h20,27H,7-18H2,1-6H3,(H,26,31). The molecule has 0 radical (unpaired) electrons. The first-order chi connectivity index (χ1) is 14.4. The number of nitrogens with one attached hydrogen (secondary N) is 2. The Morgan fingerprint density at radius 2 is 1.48 bits per heavy atom. The highest BCUT2D eigenvalue weighted by molar-refractivity contribution is 6.07. The summed E-state index contributed by atoms with van der Waals surface area (Å²) >= 11 is 0. The third-order valence-corrected chi connectivity index (χ3v) is 6.83. The van der Waals surface area contributed by atoms with Gasteiger partial charge in [-0.25, -0.2) is 4.79 Å². The summed E-state index contributed by atoms with van der Waals surface area (Å²) in [4.78, 5) is 39.0. The Labute approximate surface area is 189 Å². The maximum atomic E-state index is 13.2. The molecule has 31 heavy (non-hydrogen) atoms. The van der Waals surface area contributed by atoms with Gasteiger partial charge in [0.05, 0.1) is 0 Å². The monoisotopic (exact) mass is 435 g/mol. The van der Waals surface area contributed by atoms with Crippen LogP contribution in [-0.2, 0) is 9.59 Å². The molecule has 0 aromatic rings. The molecule has 6 heteroatoms. The lowest BCUT2D eigenvalue weighted by Crippen LogP contribution is -2.68. The second kappa shape index (κ2) is 10.5. The third-order valence-electron chi connectivity index (χ3n) is 6.83. The van der Waals surface area contributed by atoms with E-state index in [-0.39, 0.29) is 28.9 Å². The minimum atomic E-state index is -0.782. The molecule has 1 unspecified atom stereocenters. The van der Waals surface area contributed by atoms with Crippen LogP contribution in [0.4, 0.5) is 4.79 Å². The van der Waals surface area contributed by atoms with Gasteiger partial charge in [0.25, 0.3) is 5.91 Å². The third kappa shape index (κ3) is 7.03. The van der Waals surface area contributed by atoms with E-state index >= 15 is 0 Å². The normalized spacial score (nSPS) is 22.6. The number of piperidine rings is 1. The van der Waals surface area contributed by atoms with Crippen LogP contribution in [0.5, 0.6) is 0 Å². The summed E-state index contributed by atoms with van der Waals surface area (Å²) in [5.74, 6) is 0.492. The van der Waals surface area contributed by atoms with E-state index in [1.165, 1.54) is 4.90 Å². The Morgan fingerprint density at radius 3 is 2.06 bits per heavy atom. The highest BCUT2D eigenvalue weighted by atomic mass is 16.2. The number of hydrogen-bond donors (Lipinski definition) is 2. The molecule has 2 saturated heterocycles. The lowest BCUT2D eigenvalue weighted by Gasteiger charge is -2.50. The zero-order chi connectivity index (χ0) is 23.3. The molecule has 2 fully saturated rings. The highest BCUT2D eigenvalue weighted by Gasteiger charge is 2.58. The molecular weight excluding hydrogens is 390 g/mol. The molecule has 2 rings (SSSR count). The summed E-state index contributed by atoms with van der Waals surface area (Å²) in [5, 5.41) is 6.63. The van der Waals surface area contributed by atoms with Crippen molar-refractivity contribution in [2.24, 2.45) is 5.92 Å². The molecule has 0 bridgehead atoms. The van der Waals surface area contributed by atoms with E-state index in [1.807, 2.05) is 0 Å². The Hall–Kier alpha value is -1.43. The molecule has 0 aromatic heterocycles. The number of imide groups is 1. The van der Waals surface area contributed by atoms with E-state index in [4.69, 9.17) is 0 Å². The topological polar surface area (TPSA) is 78.5 Å². The number of amides is 3. The molecule has 2 aliphatic heterocycles. The van der Waals surface area contributed by atoms with Gasteiger partial charge in [0, 0.05) is 23.5 Å². The largest absolute Gasteiger partial charge is 0.325 e. The lowest BCUT2D eigenvalue weighted by molar-refractivity contribution is -0.134. The SMILES string of the molecule is CCCCC(CCCCCCCN1C(=O)NC2(CC(C)(C)NC(C)(C)C2)C1=O)C(C)=O. The molecule has 2 N–H and O–H groups in total. The summed E-state index contributed by atoms with van der Waals surface area (Å²) in [6, 6.07) is -0.237. The number of carbonyl (C=O) groups is 3. The number of hydrogen-bond acceptors (Lipinski definition) is 4. The van der Waals surface area contributed by atoms with Gasteiger partial charge >= 0.3 is 6.03 Å². The molecule has 2 heterocycles. The van der Waals surface area contributed by atoms with Crippen molar-refractivity contribution in [2.75, 3.05) is 6.54 Å². The van der Waals surface area contributed by atoms with Gasteiger partial charge in [0.2, 0.25) is 0 Å². The number of ketones is 1. The molecule has 3 amide bonds. The van der Waals surface area contributed by atoms with E-state index in [0.717, 1.165) is 57.8 Å². The van der Waals surface area contributed by atoms with Crippen molar-refractivity contribution in [3.63, 3.8) is 0 Å². The fourth-order valence-corrected chi connectivity index (χ4v) is 5.89. The van der Waals surface area contributed by atoms with E-state index in [1.54, 1.807) is 6.92 Å². The van der Waals surface area contributed by atoms with Crippen LogP contribution in [0.25, 0.3) is 0 Å². The van der Waals surface area contributed by atoms with E-state index < -0.39 is 5.54 Å². The van der Waals surface area contributed by atoms with Crippen LogP contribution in [-0.4, -0.2) is 45.8 Å². The number of nitrogens with zero attached hydrogens (tertiary/aromatic N) is 1. The van der Waals surface area contributed by atoms with Gasteiger partial charge in [0.1, 0.15) is 11.3 Å². The summed E-state index contributed by atoms with van der Waals surface area (Å²) < 4.78 is 0. The molecule has 178 valence electrons. The van der Waals surface area contributed by atoms with Crippen LogP contribution in [0.15, 0.2) is 0 Å². The van der Waals surface area contributed by atoms with Crippen molar-refractivity contribution in [1.29, 1.82) is 0 Å². The fraction of sp³-hybridized carbons (Fsp3) is 0.880. The zero-order valence-electron chi connectivity index (χ0n) is 20.7.